The van der Waals surface area contributed by atoms with Crippen LogP contribution in [0.1, 0.15) is 31.7 Å². The van der Waals surface area contributed by atoms with Crippen LogP contribution < -0.4 is 14.8 Å². The lowest BCUT2D eigenvalue weighted by molar-refractivity contribution is -0.118. The summed E-state index contributed by atoms with van der Waals surface area (Å²) in [6, 6.07) is 7.21. The van der Waals surface area contributed by atoms with Crippen LogP contribution in [0.4, 0.5) is 5.13 Å². The highest BCUT2D eigenvalue weighted by atomic mass is 32.1. The van der Waals surface area contributed by atoms with E-state index in [1.807, 2.05) is 12.1 Å². The highest BCUT2D eigenvalue weighted by molar-refractivity contribution is 7.15. The molecule has 0 fully saturated rings. The Labute approximate surface area is 139 Å². The highest BCUT2D eigenvalue weighted by Crippen LogP contribution is 2.18. The standard InChI is InChI=1S/C16H21N3O3S/c1-3-5-15-18-19-16(23-15)17-14(20)11-22-13-8-6-12(7-9-13)21-10-4-2/h6-9H,3-5,10-11H2,1-2H3,(H,17,19,20). The number of benzene rings is 1. The van der Waals surface area contributed by atoms with Crippen LogP contribution in [0.25, 0.3) is 0 Å². The topological polar surface area (TPSA) is 73.3 Å². The van der Waals surface area contributed by atoms with E-state index in [0.717, 1.165) is 30.0 Å². The van der Waals surface area contributed by atoms with Gasteiger partial charge < -0.3 is 9.47 Å². The van der Waals surface area contributed by atoms with Gasteiger partial charge >= 0.3 is 0 Å². The summed E-state index contributed by atoms with van der Waals surface area (Å²) in [6.45, 7) is 4.74. The molecule has 0 aliphatic rings. The van der Waals surface area contributed by atoms with Crippen molar-refractivity contribution in [3.05, 3.63) is 29.3 Å². The fourth-order valence-corrected chi connectivity index (χ4v) is 2.63. The number of hydrogen-bond acceptors (Lipinski definition) is 6. The fraction of sp³-hybridized carbons (Fsp3) is 0.438. The molecule has 7 heteroatoms. The first-order valence-corrected chi connectivity index (χ1v) is 8.50. The predicted octanol–water partition coefficient (Wildman–Crippen LogP) is 3.30. The van der Waals surface area contributed by atoms with Crippen LogP contribution in [0, 0.1) is 0 Å². The maximum Gasteiger partial charge on any atom is 0.264 e. The number of ether oxygens (including phenoxy) is 2. The van der Waals surface area contributed by atoms with E-state index in [0.29, 0.717) is 17.5 Å². The number of nitrogens with zero attached hydrogens (tertiary/aromatic N) is 2. The molecule has 0 bridgehead atoms. The summed E-state index contributed by atoms with van der Waals surface area (Å²) in [4.78, 5) is 11.8. The molecule has 0 unspecified atom stereocenters. The minimum Gasteiger partial charge on any atom is -0.494 e. The van der Waals surface area contributed by atoms with E-state index in [9.17, 15) is 4.79 Å². The summed E-state index contributed by atoms with van der Waals surface area (Å²) in [5.41, 5.74) is 0. The van der Waals surface area contributed by atoms with Crippen molar-refractivity contribution in [2.45, 2.75) is 33.1 Å². The Bertz CT molecular complexity index is 613. The molecule has 0 atom stereocenters. The molecule has 0 radical (unpaired) electrons. The Balaban J connectivity index is 1.77. The van der Waals surface area contributed by atoms with Gasteiger partial charge in [0.2, 0.25) is 5.13 Å². The summed E-state index contributed by atoms with van der Waals surface area (Å²) in [5, 5.41) is 12.1. The van der Waals surface area contributed by atoms with Gasteiger partial charge in [0.15, 0.2) is 6.61 Å². The van der Waals surface area contributed by atoms with Crippen LogP contribution in [0.2, 0.25) is 0 Å². The van der Waals surface area contributed by atoms with Crippen molar-refractivity contribution >= 4 is 22.4 Å². The molecule has 124 valence electrons. The lowest BCUT2D eigenvalue weighted by atomic mass is 10.3. The number of nitrogens with one attached hydrogen (secondary N) is 1. The van der Waals surface area contributed by atoms with Gasteiger partial charge in [-0.2, -0.15) is 0 Å². The molecule has 0 saturated carbocycles. The maximum absolute atomic E-state index is 11.8. The first-order chi connectivity index (χ1) is 11.2. The molecule has 2 rings (SSSR count). The molecule has 23 heavy (non-hydrogen) atoms. The molecule has 1 amide bonds. The van der Waals surface area contributed by atoms with Crippen LogP contribution in [0.5, 0.6) is 11.5 Å². The van der Waals surface area contributed by atoms with Crippen molar-refractivity contribution in [2.24, 2.45) is 0 Å². The van der Waals surface area contributed by atoms with Crippen molar-refractivity contribution in [1.82, 2.24) is 10.2 Å². The molecular weight excluding hydrogens is 314 g/mol. The van der Waals surface area contributed by atoms with Gasteiger partial charge in [0.05, 0.1) is 6.61 Å². The van der Waals surface area contributed by atoms with Crippen LogP contribution >= 0.6 is 11.3 Å². The molecule has 1 aromatic heterocycles. The van der Waals surface area contributed by atoms with Crippen LogP contribution in [-0.2, 0) is 11.2 Å². The minimum atomic E-state index is -0.254. The normalized spacial score (nSPS) is 10.3. The van der Waals surface area contributed by atoms with Crippen molar-refractivity contribution in [1.29, 1.82) is 0 Å². The SMILES string of the molecule is CCCOc1ccc(OCC(=O)Nc2nnc(CCC)s2)cc1. The van der Waals surface area contributed by atoms with Crippen molar-refractivity contribution in [3.8, 4) is 11.5 Å². The third kappa shape index (κ3) is 5.86. The lowest BCUT2D eigenvalue weighted by Crippen LogP contribution is -2.20. The van der Waals surface area contributed by atoms with E-state index in [-0.39, 0.29) is 12.5 Å². The zero-order chi connectivity index (χ0) is 16.5. The first kappa shape index (κ1) is 17.2. The van der Waals surface area contributed by atoms with Gasteiger partial charge in [-0.05, 0) is 37.1 Å². The second-order valence-electron chi connectivity index (χ2n) is 4.91. The average molecular weight is 335 g/mol. The van der Waals surface area contributed by atoms with E-state index >= 15 is 0 Å². The van der Waals surface area contributed by atoms with Crippen LogP contribution in [0.3, 0.4) is 0 Å². The second-order valence-corrected chi connectivity index (χ2v) is 5.97. The molecule has 0 spiro atoms. The molecule has 1 N–H and O–H groups in total. The molecular formula is C16H21N3O3S. The quantitative estimate of drug-likeness (QED) is 0.761. The fourth-order valence-electron chi connectivity index (χ4n) is 1.78. The van der Waals surface area contributed by atoms with E-state index < -0.39 is 0 Å². The summed E-state index contributed by atoms with van der Waals surface area (Å²) in [7, 11) is 0. The Hall–Kier alpha value is -2.15. The molecule has 1 aromatic carbocycles. The van der Waals surface area contributed by atoms with Gasteiger partial charge in [0.1, 0.15) is 16.5 Å². The molecule has 0 aliphatic carbocycles. The largest absolute Gasteiger partial charge is 0.494 e. The number of amides is 1. The summed E-state index contributed by atoms with van der Waals surface area (Å²) in [5.74, 6) is 1.16. The zero-order valence-corrected chi connectivity index (χ0v) is 14.2. The van der Waals surface area contributed by atoms with E-state index in [2.05, 4.69) is 29.4 Å². The van der Waals surface area contributed by atoms with Gasteiger partial charge in [-0.15, -0.1) is 10.2 Å². The average Bonchev–Trinajstić information content (AvgIpc) is 2.99. The zero-order valence-electron chi connectivity index (χ0n) is 13.4. The highest BCUT2D eigenvalue weighted by Gasteiger charge is 2.08. The first-order valence-electron chi connectivity index (χ1n) is 7.69. The van der Waals surface area contributed by atoms with Crippen molar-refractivity contribution < 1.29 is 14.3 Å². The number of hydrogen-bond donors (Lipinski definition) is 1. The third-order valence-electron chi connectivity index (χ3n) is 2.84. The minimum absolute atomic E-state index is 0.0716. The van der Waals surface area contributed by atoms with E-state index in [1.165, 1.54) is 11.3 Å². The van der Waals surface area contributed by atoms with Crippen LogP contribution in [-0.4, -0.2) is 29.3 Å². The Morgan fingerprint density at radius 3 is 2.43 bits per heavy atom. The Kier molecular flexibility index (Phi) is 6.80. The molecule has 6 nitrogen and oxygen atoms in total. The molecule has 1 heterocycles. The van der Waals surface area contributed by atoms with Crippen LogP contribution in [0.15, 0.2) is 24.3 Å². The number of carbonyl (C=O) groups is 1. The van der Waals surface area contributed by atoms with Crippen molar-refractivity contribution in [3.63, 3.8) is 0 Å². The Morgan fingerprint density at radius 1 is 1.09 bits per heavy atom. The van der Waals surface area contributed by atoms with Gasteiger partial charge in [-0.1, -0.05) is 25.2 Å². The third-order valence-corrected chi connectivity index (χ3v) is 3.74. The second kappa shape index (κ2) is 9.09. The maximum atomic E-state index is 11.8. The predicted molar refractivity (Wildman–Crippen MR) is 90.3 cm³/mol. The number of carbonyl (C=O) groups excluding carboxylic acids is 1. The van der Waals surface area contributed by atoms with Gasteiger partial charge in [-0.25, -0.2) is 0 Å². The Morgan fingerprint density at radius 2 is 1.78 bits per heavy atom. The number of rotatable bonds is 9. The summed E-state index contributed by atoms with van der Waals surface area (Å²) >= 11 is 1.39. The molecule has 0 saturated heterocycles. The lowest BCUT2D eigenvalue weighted by Gasteiger charge is -2.07. The summed E-state index contributed by atoms with van der Waals surface area (Å²) < 4.78 is 10.9. The van der Waals surface area contributed by atoms with E-state index in [4.69, 9.17) is 9.47 Å². The summed E-state index contributed by atoms with van der Waals surface area (Å²) in [6.07, 6.45) is 2.84. The van der Waals surface area contributed by atoms with Gasteiger partial charge in [-0.3, -0.25) is 10.1 Å². The van der Waals surface area contributed by atoms with Gasteiger partial charge in [0, 0.05) is 6.42 Å². The smallest absolute Gasteiger partial charge is 0.264 e. The monoisotopic (exact) mass is 335 g/mol. The van der Waals surface area contributed by atoms with Crippen molar-refractivity contribution in [2.75, 3.05) is 18.5 Å². The molecule has 0 aliphatic heterocycles. The van der Waals surface area contributed by atoms with Gasteiger partial charge in [0.25, 0.3) is 5.91 Å². The van der Waals surface area contributed by atoms with E-state index in [1.54, 1.807) is 12.1 Å². The number of anilines is 1. The molecule has 2 aromatic rings. The number of aryl methyl sites for hydroxylation is 1. The number of aromatic nitrogens is 2.